The molecule has 5 nitrogen and oxygen atoms in total. The number of likely N-dealkylation sites (N-methyl/N-ethyl adjacent to an activating group) is 1. The quantitative estimate of drug-likeness (QED) is 0.779. The highest BCUT2D eigenvalue weighted by atomic mass is 35.5. The summed E-state index contributed by atoms with van der Waals surface area (Å²) in [6.07, 6.45) is 1.45. The van der Waals surface area contributed by atoms with Crippen molar-refractivity contribution in [2.45, 2.75) is 19.4 Å². The lowest BCUT2D eigenvalue weighted by Gasteiger charge is -2.19. The number of anilines is 1. The third-order valence-corrected chi connectivity index (χ3v) is 4.53. The second-order valence-electron chi connectivity index (χ2n) is 6.31. The number of rotatable bonds is 6. The zero-order valence-electron chi connectivity index (χ0n) is 14.7. The molecular formula is C20H21ClN2O3. The summed E-state index contributed by atoms with van der Waals surface area (Å²) >= 11 is 5.97. The van der Waals surface area contributed by atoms with Crippen molar-refractivity contribution < 1.29 is 14.3 Å². The molecule has 0 aromatic heterocycles. The van der Waals surface area contributed by atoms with Gasteiger partial charge in [0.1, 0.15) is 5.75 Å². The molecule has 2 aromatic rings. The molecule has 1 aliphatic rings. The lowest BCUT2D eigenvalue weighted by atomic mass is 10.2. The predicted octanol–water partition coefficient (Wildman–Crippen LogP) is 3.50. The van der Waals surface area contributed by atoms with Gasteiger partial charge in [0.05, 0.1) is 0 Å². The van der Waals surface area contributed by atoms with Gasteiger partial charge in [-0.3, -0.25) is 9.59 Å². The number of amides is 2. The Labute approximate surface area is 158 Å². The number of benzene rings is 2. The van der Waals surface area contributed by atoms with Crippen LogP contribution in [0, 0.1) is 0 Å². The molecule has 0 bridgehead atoms. The second kappa shape index (κ2) is 8.23. The molecule has 136 valence electrons. The van der Waals surface area contributed by atoms with Crippen LogP contribution in [0.15, 0.2) is 48.5 Å². The summed E-state index contributed by atoms with van der Waals surface area (Å²) in [5.74, 6) is 0.568. The molecule has 0 atom stereocenters. The summed E-state index contributed by atoms with van der Waals surface area (Å²) in [4.78, 5) is 27.5. The monoisotopic (exact) mass is 372 g/mol. The van der Waals surface area contributed by atoms with Gasteiger partial charge in [0.25, 0.3) is 5.91 Å². The zero-order valence-corrected chi connectivity index (χ0v) is 15.4. The maximum absolute atomic E-state index is 12.3. The predicted molar refractivity (Wildman–Crippen MR) is 101 cm³/mol. The largest absolute Gasteiger partial charge is 0.484 e. The summed E-state index contributed by atoms with van der Waals surface area (Å²) in [6, 6.07) is 14.7. The number of nitrogens with zero attached hydrogens (tertiary/aromatic N) is 2. The van der Waals surface area contributed by atoms with Crippen molar-refractivity contribution in [3.63, 3.8) is 0 Å². The standard InChI is InChI=1S/C20H21ClN2O3/c1-22(13-15-5-2-6-16(21)11-15)20(25)14-26-18-8-3-7-17(12-18)23-10-4-9-19(23)24/h2-3,5-8,11-12H,4,9-10,13-14H2,1H3. The van der Waals surface area contributed by atoms with Gasteiger partial charge in [0, 0.05) is 43.3 Å². The third-order valence-electron chi connectivity index (χ3n) is 4.30. The Morgan fingerprint density at radius 2 is 2.04 bits per heavy atom. The van der Waals surface area contributed by atoms with Crippen LogP contribution in [-0.2, 0) is 16.1 Å². The second-order valence-corrected chi connectivity index (χ2v) is 6.75. The Morgan fingerprint density at radius 3 is 2.77 bits per heavy atom. The van der Waals surface area contributed by atoms with Gasteiger partial charge in [0.15, 0.2) is 6.61 Å². The van der Waals surface area contributed by atoms with Crippen molar-refractivity contribution in [1.82, 2.24) is 4.90 Å². The fraction of sp³-hybridized carbons (Fsp3) is 0.300. The number of hydrogen-bond donors (Lipinski definition) is 0. The molecule has 1 aliphatic heterocycles. The molecule has 0 N–H and O–H groups in total. The van der Waals surface area contributed by atoms with Gasteiger partial charge in [-0.1, -0.05) is 29.8 Å². The highest BCUT2D eigenvalue weighted by Crippen LogP contribution is 2.25. The molecule has 0 spiro atoms. The average molecular weight is 373 g/mol. The van der Waals surface area contributed by atoms with Crippen LogP contribution < -0.4 is 9.64 Å². The van der Waals surface area contributed by atoms with E-state index in [4.69, 9.17) is 16.3 Å². The Bertz CT molecular complexity index is 809. The van der Waals surface area contributed by atoms with Crippen LogP contribution in [0.2, 0.25) is 5.02 Å². The van der Waals surface area contributed by atoms with Gasteiger partial charge in [-0.2, -0.15) is 0 Å². The molecule has 0 unspecified atom stereocenters. The first-order valence-corrected chi connectivity index (χ1v) is 8.92. The van der Waals surface area contributed by atoms with Crippen molar-refractivity contribution in [3.05, 3.63) is 59.1 Å². The van der Waals surface area contributed by atoms with E-state index in [9.17, 15) is 9.59 Å². The van der Waals surface area contributed by atoms with Crippen molar-refractivity contribution in [2.24, 2.45) is 0 Å². The van der Waals surface area contributed by atoms with Gasteiger partial charge >= 0.3 is 0 Å². The highest BCUT2D eigenvalue weighted by molar-refractivity contribution is 6.30. The molecular weight excluding hydrogens is 352 g/mol. The van der Waals surface area contributed by atoms with Crippen LogP contribution in [0.3, 0.4) is 0 Å². The van der Waals surface area contributed by atoms with E-state index in [2.05, 4.69) is 0 Å². The normalized spacial score (nSPS) is 13.8. The molecule has 1 fully saturated rings. The molecule has 1 saturated heterocycles. The van der Waals surface area contributed by atoms with Crippen molar-refractivity contribution in [3.8, 4) is 5.75 Å². The van der Waals surface area contributed by atoms with Gasteiger partial charge in [-0.15, -0.1) is 0 Å². The SMILES string of the molecule is CN(Cc1cccc(Cl)c1)C(=O)COc1cccc(N2CCCC2=O)c1. The van der Waals surface area contributed by atoms with E-state index in [1.165, 1.54) is 0 Å². The minimum absolute atomic E-state index is 0.0610. The molecule has 1 heterocycles. The maximum Gasteiger partial charge on any atom is 0.260 e. The highest BCUT2D eigenvalue weighted by Gasteiger charge is 2.22. The first-order chi connectivity index (χ1) is 12.5. The van der Waals surface area contributed by atoms with E-state index < -0.39 is 0 Å². The summed E-state index contributed by atoms with van der Waals surface area (Å²) < 4.78 is 5.63. The number of carbonyl (C=O) groups excluding carboxylic acids is 2. The molecule has 0 aliphatic carbocycles. The number of carbonyl (C=O) groups is 2. The number of halogens is 1. The molecule has 2 amide bonds. The number of hydrogen-bond acceptors (Lipinski definition) is 3. The zero-order chi connectivity index (χ0) is 18.5. The van der Waals surface area contributed by atoms with E-state index in [-0.39, 0.29) is 18.4 Å². The Hall–Kier alpha value is -2.53. The van der Waals surface area contributed by atoms with E-state index in [0.29, 0.717) is 23.7 Å². The summed E-state index contributed by atoms with van der Waals surface area (Å²) in [5.41, 5.74) is 1.77. The Balaban J connectivity index is 1.56. The van der Waals surface area contributed by atoms with Crippen LogP contribution >= 0.6 is 11.6 Å². The molecule has 2 aromatic carbocycles. The fourth-order valence-corrected chi connectivity index (χ4v) is 3.13. The van der Waals surface area contributed by atoms with Crippen LogP contribution in [0.1, 0.15) is 18.4 Å². The van der Waals surface area contributed by atoms with Gasteiger partial charge in [-0.25, -0.2) is 0 Å². The first-order valence-electron chi connectivity index (χ1n) is 8.54. The van der Waals surface area contributed by atoms with Crippen LogP contribution in [-0.4, -0.2) is 36.9 Å². The lowest BCUT2D eigenvalue weighted by Crippen LogP contribution is -2.31. The summed E-state index contributed by atoms with van der Waals surface area (Å²) in [6.45, 7) is 1.13. The van der Waals surface area contributed by atoms with Crippen molar-refractivity contribution in [1.29, 1.82) is 0 Å². The van der Waals surface area contributed by atoms with Crippen molar-refractivity contribution >= 4 is 29.1 Å². The molecule has 0 saturated carbocycles. The average Bonchev–Trinajstić information content (AvgIpc) is 3.06. The Morgan fingerprint density at radius 1 is 1.23 bits per heavy atom. The lowest BCUT2D eigenvalue weighted by molar-refractivity contribution is -0.132. The maximum atomic E-state index is 12.3. The van der Waals surface area contributed by atoms with Gasteiger partial charge in [-0.05, 0) is 36.2 Å². The molecule has 3 rings (SSSR count). The third kappa shape index (κ3) is 4.55. The minimum Gasteiger partial charge on any atom is -0.484 e. The van der Waals surface area contributed by atoms with E-state index in [1.807, 2.05) is 30.3 Å². The smallest absolute Gasteiger partial charge is 0.260 e. The van der Waals surface area contributed by atoms with Crippen LogP contribution in [0.4, 0.5) is 5.69 Å². The number of ether oxygens (including phenoxy) is 1. The fourth-order valence-electron chi connectivity index (χ4n) is 2.91. The minimum atomic E-state index is -0.132. The van der Waals surface area contributed by atoms with E-state index in [1.54, 1.807) is 35.0 Å². The topological polar surface area (TPSA) is 49.9 Å². The molecule has 6 heteroatoms. The first kappa shape index (κ1) is 18.3. The van der Waals surface area contributed by atoms with E-state index >= 15 is 0 Å². The van der Waals surface area contributed by atoms with E-state index in [0.717, 1.165) is 24.2 Å². The molecule has 26 heavy (non-hydrogen) atoms. The van der Waals surface area contributed by atoms with Crippen LogP contribution in [0.25, 0.3) is 0 Å². The molecule has 0 radical (unpaired) electrons. The summed E-state index contributed by atoms with van der Waals surface area (Å²) in [5, 5.41) is 0.646. The van der Waals surface area contributed by atoms with Crippen LogP contribution in [0.5, 0.6) is 5.75 Å². The van der Waals surface area contributed by atoms with Crippen molar-refractivity contribution in [2.75, 3.05) is 25.1 Å². The summed E-state index contributed by atoms with van der Waals surface area (Å²) in [7, 11) is 1.73. The van der Waals surface area contributed by atoms with Gasteiger partial charge < -0.3 is 14.5 Å². The Kier molecular flexibility index (Phi) is 5.78. The van der Waals surface area contributed by atoms with Gasteiger partial charge in [0.2, 0.25) is 5.91 Å².